The van der Waals surface area contributed by atoms with Crippen LogP contribution in [0.15, 0.2) is 42.5 Å². The summed E-state index contributed by atoms with van der Waals surface area (Å²) in [4.78, 5) is 54.9. The van der Waals surface area contributed by atoms with E-state index in [1.54, 1.807) is 30.1 Å². The fourth-order valence-corrected chi connectivity index (χ4v) is 7.35. The molecule has 12 heteroatoms. The van der Waals surface area contributed by atoms with Gasteiger partial charge in [0.25, 0.3) is 5.91 Å². The number of carbonyl (C=O) groups is 4. The third-order valence-corrected chi connectivity index (χ3v) is 10.2. The lowest BCUT2D eigenvalue weighted by atomic mass is 9.83. The summed E-state index contributed by atoms with van der Waals surface area (Å²) < 4.78 is 30.6. The van der Waals surface area contributed by atoms with E-state index in [0.717, 1.165) is 55.4 Å². The number of amides is 5. The summed E-state index contributed by atoms with van der Waals surface area (Å²) in [6.45, 7) is 1.10. The van der Waals surface area contributed by atoms with Gasteiger partial charge in [-0.25, -0.2) is 4.79 Å². The largest absolute Gasteiger partial charge is 0.357 e. The van der Waals surface area contributed by atoms with Crippen LogP contribution in [0, 0.1) is 22.7 Å². The predicted octanol–water partition coefficient (Wildman–Crippen LogP) is 3.74. The smallest absolute Gasteiger partial charge is 0.349 e. The van der Waals surface area contributed by atoms with E-state index in [2.05, 4.69) is 21.3 Å². The zero-order valence-electron chi connectivity index (χ0n) is 25.8. The van der Waals surface area contributed by atoms with Crippen LogP contribution < -0.4 is 21.3 Å². The van der Waals surface area contributed by atoms with Crippen LogP contribution in [0.1, 0.15) is 67.2 Å². The summed E-state index contributed by atoms with van der Waals surface area (Å²) in [6, 6.07) is 10.3. The predicted molar refractivity (Wildman–Crippen MR) is 165 cm³/mol. The number of alkyl halides is 2. The van der Waals surface area contributed by atoms with Crippen LogP contribution in [-0.4, -0.2) is 60.4 Å². The molecule has 4 aliphatic rings. The Labute approximate surface area is 266 Å². The number of fused-ring (bicyclic) bond motifs is 1. The summed E-state index contributed by atoms with van der Waals surface area (Å²) in [5.74, 6) is -6.77. The van der Waals surface area contributed by atoms with Gasteiger partial charge in [-0.2, -0.15) is 14.0 Å². The molecule has 3 aliphatic carbocycles. The van der Waals surface area contributed by atoms with Gasteiger partial charge in [0.2, 0.25) is 11.8 Å². The van der Waals surface area contributed by atoms with E-state index in [-0.39, 0.29) is 35.3 Å². The molecular formula is C34H38F2N6O4. The van der Waals surface area contributed by atoms with Crippen molar-refractivity contribution in [1.82, 2.24) is 20.9 Å². The molecule has 1 spiro atoms. The van der Waals surface area contributed by atoms with Crippen LogP contribution >= 0.6 is 0 Å². The molecule has 2 aromatic carbocycles. The van der Waals surface area contributed by atoms with Crippen molar-refractivity contribution in [2.24, 2.45) is 11.3 Å². The quantitative estimate of drug-likeness (QED) is 0.351. The second kappa shape index (κ2) is 12.0. The van der Waals surface area contributed by atoms with Crippen LogP contribution in [0.4, 0.5) is 19.3 Å². The summed E-state index contributed by atoms with van der Waals surface area (Å²) in [6.07, 6.45) is 6.37. The van der Waals surface area contributed by atoms with E-state index < -0.39 is 34.9 Å². The molecule has 1 unspecified atom stereocenters. The van der Waals surface area contributed by atoms with Crippen molar-refractivity contribution in [2.75, 3.05) is 25.5 Å². The molecular weight excluding hydrogens is 594 g/mol. The average molecular weight is 633 g/mol. The fourth-order valence-electron chi connectivity index (χ4n) is 7.35. The number of likely N-dealkylation sites (N-methyl/N-ethyl adjacent to an activating group) is 1. The topological polar surface area (TPSA) is 143 Å². The van der Waals surface area contributed by atoms with Gasteiger partial charge < -0.3 is 26.2 Å². The number of carbonyl (C=O) groups excluding carboxylic acids is 4. The zero-order chi connectivity index (χ0) is 32.7. The maximum atomic E-state index is 15.3. The molecule has 6 rings (SSSR count). The Balaban J connectivity index is 1.22. The van der Waals surface area contributed by atoms with Crippen molar-refractivity contribution in [2.45, 2.75) is 75.3 Å². The van der Waals surface area contributed by atoms with Crippen molar-refractivity contribution in [1.29, 1.82) is 5.26 Å². The number of anilines is 1. The van der Waals surface area contributed by atoms with Crippen molar-refractivity contribution >= 4 is 29.4 Å². The monoisotopic (exact) mass is 632 g/mol. The summed E-state index contributed by atoms with van der Waals surface area (Å²) >= 11 is 0. The molecule has 0 radical (unpaired) electrons. The molecule has 2 aromatic rings. The first-order chi connectivity index (χ1) is 22.0. The van der Waals surface area contributed by atoms with Crippen molar-refractivity contribution < 1.29 is 28.0 Å². The Hall–Kier alpha value is -4.53. The highest BCUT2D eigenvalue weighted by molar-refractivity contribution is 5.99. The Morgan fingerprint density at radius 2 is 1.80 bits per heavy atom. The first-order valence-electron chi connectivity index (χ1n) is 15.9. The second-order valence-corrected chi connectivity index (χ2v) is 13.3. The maximum Gasteiger partial charge on any atom is 0.349 e. The number of nitrogens with zero attached hydrogens (tertiary/aromatic N) is 2. The molecule has 3 fully saturated rings. The molecule has 242 valence electrons. The van der Waals surface area contributed by atoms with E-state index in [1.165, 1.54) is 12.1 Å². The Morgan fingerprint density at radius 1 is 1.07 bits per heavy atom. The average Bonchev–Trinajstić information content (AvgIpc) is 3.72. The zero-order valence-corrected chi connectivity index (χ0v) is 25.8. The second-order valence-electron chi connectivity index (χ2n) is 13.3. The fraction of sp³-hybridized carbons (Fsp3) is 0.500. The molecule has 0 aromatic heterocycles. The number of nitrogens with one attached hydrogen (secondary N) is 4. The highest BCUT2D eigenvalue weighted by Gasteiger charge is 2.57. The Kier molecular flexibility index (Phi) is 8.21. The van der Waals surface area contributed by atoms with Crippen LogP contribution in [0.25, 0.3) is 0 Å². The van der Waals surface area contributed by atoms with Crippen LogP contribution in [0.5, 0.6) is 0 Å². The number of nitriles is 1. The first-order valence-corrected chi connectivity index (χ1v) is 15.9. The minimum absolute atomic E-state index is 0.00319. The SMILES string of the molecule is CNC(=O)C1(N2CC3(CC3)CNC2=O)Cc2ccc(NC(=O)[C@@H](NC(=O)C(F)(F)c3cccc(C#N)c3)C3CCCCC3)cc2C1. The van der Waals surface area contributed by atoms with E-state index in [0.29, 0.717) is 38.0 Å². The van der Waals surface area contributed by atoms with Crippen molar-refractivity contribution in [3.8, 4) is 6.07 Å². The molecule has 2 atom stereocenters. The van der Waals surface area contributed by atoms with Gasteiger partial charge in [0.05, 0.1) is 11.6 Å². The third kappa shape index (κ3) is 5.79. The van der Waals surface area contributed by atoms with Gasteiger partial charge in [0.1, 0.15) is 11.6 Å². The first kappa shape index (κ1) is 31.5. The molecule has 1 saturated heterocycles. The summed E-state index contributed by atoms with van der Waals surface area (Å²) in [7, 11) is 1.55. The number of benzene rings is 2. The molecule has 1 heterocycles. The molecule has 10 nitrogen and oxygen atoms in total. The number of hydrogen-bond acceptors (Lipinski definition) is 5. The van der Waals surface area contributed by atoms with Crippen LogP contribution in [-0.2, 0) is 33.1 Å². The van der Waals surface area contributed by atoms with Gasteiger partial charge in [-0.05, 0) is 67.0 Å². The number of urea groups is 1. The standard InChI is InChI=1S/C34H38F2N6O4/c1-38-29(44)33(42-20-32(12-13-32)19-39-31(42)46)16-23-10-11-26(15-24(23)17-33)40-28(43)27(22-7-3-2-4-8-22)41-30(45)34(35,36)25-9-5-6-21(14-25)18-37/h5-6,9-11,14-15,22,27H,2-4,7-8,12-13,16-17,19-20H2,1H3,(H,38,44)(H,39,46)(H,40,43)(H,41,45)/t27-,33?/m0/s1. The summed E-state index contributed by atoms with van der Waals surface area (Å²) in [5.41, 5.74) is 0.329. The maximum absolute atomic E-state index is 15.3. The molecule has 46 heavy (non-hydrogen) atoms. The van der Waals surface area contributed by atoms with Crippen molar-refractivity contribution in [3.05, 3.63) is 64.7 Å². The normalized spacial score (nSPS) is 22.7. The number of rotatable bonds is 8. The van der Waals surface area contributed by atoms with E-state index in [1.807, 2.05) is 6.07 Å². The number of halogens is 2. The van der Waals surface area contributed by atoms with Gasteiger partial charge in [-0.3, -0.25) is 14.4 Å². The van der Waals surface area contributed by atoms with Gasteiger partial charge in [0.15, 0.2) is 0 Å². The lowest BCUT2D eigenvalue weighted by Gasteiger charge is -2.44. The van der Waals surface area contributed by atoms with E-state index in [4.69, 9.17) is 5.26 Å². The van der Waals surface area contributed by atoms with Crippen molar-refractivity contribution in [3.63, 3.8) is 0 Å². The van der Waals surface area contributed by atoms with E-state index in [9.17, 15) is 19.2 Å². The minimum Gasteiger partial charge on any atom is -0.357 e. The Morgan fingerprint density at radius 3 is 2.50 bits per heavy atom. The van der Waals surface area contributed by atoms with Gasteiger partial charge in [0, 0.05) is 49.6 Å². The highest BCUT2D eigenvalue weighted by atomic mass is 19.3. The van der Waals surface area contributed by atoms with Gasteiger partial charge in [-0.1, -0.05) is 37.5 Å². The highest BCUT2D eigenvalue weighted by Crippen LogP contribution is 2.49. The third-order valence-electron chi connectivity index (χ3n) is 10.2. The molecule has 5 amide bonds. The molecule has 4 N–H and O–H groups in total. The van der Waals surface area contributed by atoms with E-state index >= 15 is 8.78 Å². The van der Waals surface area contributed by atoms with Gasteiger partial charge >= 0.3 is 12.0 Å². The number of hydrogen-bond donors (Lipinski definition) is 4. The minimum atomic E-state index is -3.96. The van der Waals surface area contributed by atoms with Crippen LogP contribution in [0.3, 0.4) is 0 Å². The lowest BCUT2D eigenvalue weighted by molar-refractivity contribution is -0.149. The summed E-state index contributed by atoms with van der Waals surface area (Å²) in [5, 5.41) is 20.0. The lowest BCUT2D eigenvalue weighted by Crippen LogP contribution is -2.67. The Bertz CT molecular complexity index is 1610. The van der Waals surface area contributed by atoms with Gasteiger partial charge in [-0.15, -0.1) is 0 Å². The van der Waals surface area contributed by atoms with Crippen LogP contribution in [0.2, 0.25) is 0 Å². The molecule has 0 bridgehead atoms. The molecule has 2 saturated carbocycles. The molecule has 1 aliphatic heterocycles.